The lowest BCUT2D eigenvalue weighted by atomic mass is 10.0. The molecule has 1 aliphatic heterocycles. The van der Waals surface area contributed by atoms with E-state index in [4.69, 9.17) is 4.74 Å². The Morgan fingerprint density at radius 3 is 2.69 bits per heavy atom. The van der Waals surface area contributed by atoms with Gasteiger partial charge in [-0.05, 0) is 50.1 Å². The van der Waals surface area contributed by atoms with Gasteiger partial charge >= 0.3 is 0 Å². The molecule has 0 saturated heterocycles. The van der Waals surface area contributed by atoms with E-state index >= 15 is 0 Å². The summed E-state index contributed by atoms with van der Waals surface area (Å²) in [6.07, 6.45) is 2.44. The lowest BCUT2D eigenvalue weighted by Gasteiger charge is -2.29. The first-order valence-corrected chi connectivity index (χ1v) is 8.72. The summed E-state index contributed by atoms with van der Waals surface area (Å²) in [6, 6.07) is 7.74. The van der Waals surface area contributed by atoms with Crippen molar-refractivity contribution in [3.63, 3.8) is 0 Å². The van der Waals surface area contributed by atoms with Gasteiger partial charge in [0.25, 0.3) is 11.5 Å². The summed E-state index contributed by atoms with van der Waals surface area (Å²) in [4.78, 5) is 38.9. The summed E-state index contributed by atoms with van der Waals surface area (Å²) < 4.78 is 6.88. The molecule has 1 aromatic heterocycles. The molecular weight excluding hydrogens is 332 g/mol. The van der Waals surface area contributed by atoms with Crippen LogP contribution in [-0.4, -0.2) is 29.4 Å². The number of amides is 1. The first-order valence-electron chi connectivity index (χ1n) is 8.72. The third-order valence-corrected chi connectivity index (χ3v) is 4.53. The maximum atomic E-state index is 12.9. The van der Waals surface area contributed by atoms with E-state index in [0.29, 0.717) is 23.5 Å². The SMILES string of the molecule is CCCN1C(=O)COc2ccc(C(=O)C(C)n3ccc(C)cc3=O)cc21. The topological polar surface area (TPSA) is 68.6 Å². The maximum absolute atomic E-state index is 12.9. The van der Waals surface area contributed by atoms with Crippen molar-refractivity contribution in [2.45, 2.75) is 33.2 Å². The van der Waals surface area contributed by atoms with Gasteiger partial charge in [-0.2, -0.15) is 0 Å². The second-order valence-electron chi connectivity index (χ2n) is 6.51. The van der Waals surface area contributed by atoms with Crippen LogP contribution in [0.2, 0.25) is 0 Å². The normalized spacial score (nSPS) is 14.6. The average molecular weight is 354 g/mol. The summed E-state index contributed by atoms with van der Waals surface area (Å²) in [7, 11) is 0. The largest absolute Gasteiger partial charge is 0.482 e. The lowest BCUT2D eigenvalue weighted by molar-refractivity contribution is -0.121. The van der Waals surface area contributed by atoms with E-state index in [0.717, 1.165) is 12.0 Å². The van der Waals surface area contributed by atoms with E-state index in [2.05, 4.69) is 0 Å². The molecule has 1 amide bonds. The zero-order chi connectivity index (χ0) is 18.8. The number of aryl methyl sites for hydroxylation is 1. The third kappa shape index (κ3) is 3.27. The Labute approximate surface area is 152 Å². The number of ether oxygens (including phenoxy) is 1. The van der Waals surface area contributed by atoms with Gasteiger partial charge in [-0.15, -0.1) is 0 Å². The fraction of sp³-hybridized carbons (Fsp3) is 0.350. The van der Waals surface area contributed by atoms with Crippen molar-refractivity contribution >= 4 is 17.4 Å². The Bertz CT molecular complexity index is 916. The number of Topliss-reactive ketones (excluding diaryl/α,β-unsaturated/α-hetero) is 1. The Hall–Kier alpha value is -2.89. The molecule has 1 atom stereocenters. The molecule has 0 fully saturated rings. The number of carbonyl (C=O) groups excluding carboxylic acids is 2. The number of hydrogen-bond donors (Lipinski definition) is 0. The maximum Gasteiger partial charge on any atom is 0.265 e. The number of carbonyl (C=O) groups is 2. The zero-order valence-electron chi connectivity index (χ0n) is 15.2. The second-order valence-corrected chi connectivity index (χ2v) is 6.51. The summed E-state index contributed by atoms with van der Waals surface area (Å²) in [5.74, 6) is 0.287. The number of benzene rings is 1. The van der Waals surface area contributed by atoms with E-state index in [1.807, 2.05) is 13.8 Å². The fourth-order valence-corrected chi connectivity index (χ4v) is 3.10. The highest BCUT2D eigenvalue weighted by atomic mass is 16.5. The first kappa shape index (κ1) is 17.9. The third-order valence-electron chi connectivity index (χ3n) is 4.53. The number of nitrogens with zero attached hydrogens (tertiary/aromatic N) is 2. The monoisotopic (exact) mass is 354 g/mol. The zero-order valence-corrected chi connectivity index (χ0v) is 15.2. The molecule has 1 unspecified atom stereocenters. The minimum atomic E-state index is -0.638. The van der Waals surface area contributed by atoms with E-state index in [9.17, 15) is 14.4 Å². The molecule has 0 spiro atoms. The summed E-state index contributed by atoms with van der Waals surface area (Å²) in [5.41, 5.74) is 1.70. The van der Waals surface area contributed by atoms with Crippen LogP contribution in [0.15, 0.2) is 41.3 Å². The number of hydrogen-bond acceptors (Lipinski definition) is 4. The highest BCUT2D eigenvalue weighted by Gasteiger charge is 2.27. The highest BCUT2D eigenvalue weighted by Crippen LogP contribution is 2.33. The van der Waals surface area contributed by atoms with Crippen LogP contribution in [0.5, 0.6) is 5.75 Å². The average Bonchev–Trinajstić information content (AvgIpc) is 2.62. The molecule has 6 nitrogen and oxygen atoms in total. The van der Waals surface area contributed by atoms with Gasteiger partial charge in [-0.25, -0.2) is 0 Å². The molecule has 2 aromatic rings. The molecule has 1 aliphatic rings. The van der Waals surface area contributed by atoms with Gasteiger partial charge in [0.1, 0.15) is 5.75 Å². The minimum Gasteiger partial charge on any atom is -0.482 e. The van der Waals surface area contributed by atoms with Crippen molar-refractivity contribution in [2.24, 2.45) is 0 Å². The van der Waals surface area contributed by atoms with Crippen LogP contribution in [0.4, 0.5) is 5.69 Å². The summed E-state index contributed by atoms with van der Waals surface area (Å²) in [5, 5.41) is 0. The number of rotatable bonds is 5. The molecule has 0 saturated carbocycles. The van der Waals surface area contributed by atoms with Crippen LogP contribution in [0.25, 0.3) is 0 Å². The Morgan fingerprint density at radius 1 is 1.23 bits per heavy atom. The second kappa shape index (κ2) is 7.15. The van der Waals surface area contributed by atoms with Gasteiger partial charge in [0.2, 0.25) is 0 Å². The predicted molar refractivity (Wildman–Crippen MR) is 99.1 cm³/mol. The van der Waals surface area contributed by atoms with Gasteiger partial charge in [0.05, 0.1) is 11.7 Å². The number of pyridine rings is 1. The molecule has 6 heteroatoms. The molecule has 0 bridgehead atoms. The number of anilines is 1. The van der Waals surface area contributed by atoms with Crippen LogP contribution in [0, 0.1) is 6.92 Å². The van der Waals surface area contributed by atoms with Crippen LogP contribution in [-0.2, 0) is 4.79 Å². The van der Waals surface area contributed by atoms with Crippen molar-refractivity contribution < 1.29 is 14.3 Å². The van der Waals surface area contributed by atoms with E-state index < -0.39 is 6.04 Å². The quantitative estimate of drug-likeness (QED) is 0.774. The Balaban J connectivity index is 1.95. The molecule has 0 aliphatic carbocycles. The van der Waals surface area contributed by atoms with E-state index in [-0.39, 0.29) is 23.9 Å². The molecule has 2 heterocycles. The van der Waals surface area contributed by atoms with Gasteiger partial charge in [0.15, 0.2) is 12.4 Å². The summed E-state index contributed by atoms with van der Waals surface area (Å²) in [6.45, 7) is 6.10. The highest BCUT2D eigenvalue weighted by molar-refractivity contribution is 6.03. The van der Waals surface area contributed by atoms with Gasteiger partial charge < -0.3 is 14.2 Å². The van der Waals surface area contributed by atoms with Crippen molar-refractivity contribution in [1.29, 1.82) is 0 Å². The molecule has 0 radical (unpaired) electrons. The van der Waals surface area contributed by atoms with Crippen LogP contribution < -0.4 is 15.2 Å². The van der Waals surface area contributed by atoms with Crippen LogP contribution in [0.3, 0.4) is 0 Å². The minimum absolute atomic E-state index is 0.00938. The van der Waals surface area contributed by atoms with E-state index in [1.165, 1.54) is 10.6 Å². The van der Waals surface area contributed by atoms with Crippen LogP contribution in [0.1, 0.15) is 42.2 Å². The number of ketones is 1. The van der Waals surface area contributed by atoms with Crippen molar-refractivity contribution in [2.75, 3.05) is 18.1 Å². The molecule has 3 rings (SSSR count). The van der Waals surface area contributed by atoms with Crippen molar-refractivity contribution in [3.8, 4) is 5.75 Å². The Kier molecular flexibility index (Phi) is 4.93. The molecule has 0 N–H and O–H groups in total. The van der Waals surface area contributed by atoms with Gasteiger partial charge in [-0.1, -0.05) is 6.92 Å². The van der Waals surface area contributed by atoms with E-state index in [1.54, 1.807) is 42.3 Å². The molecule has 26 heavy (non-hydrogen) atoms. The standard InChI is InChI=1S/C20H22N2O4/c1-4-8-22-16-11-15(5-6-17(16)26-12-19(22)24)20(25)14(3)21-9-7-13(2)10-18(21)23/h5-7,9-11,14H,4,8,12H2,1-3H3. The van der Waals surface area contributed by atoms with Gasteiger partial charge in [0, 0.05) is 24.4 Å². The molecular formula is C20H22N2O4. The first-order chi connectivity index (χ1) is 12.4. The Morgan fingerprint density at radius 2 is 2.00 bits per heavy atom. The number of aromatic nitrogens is 1. The lowest BCUT2D eigenvalue weighted by Crippen LogP contribution is -2.39. The smallest absolute Gasteiger partial charge is 0.265 e. The van der Waals surface area contributed by atoms with Gasteiger partial charge in [-0.3, -0.25) is 14.4 Å². The predicted octanol–water partition coefficient (Wildman–Crippen LogP) is 2.74. The van der Waals surface area contributed by atoms with Crippen LogP contribution >= 0.6 is 0 Å². The fourth-order valence-electron chi connectivity index (χ4n) is 3.10. The molecule has 1 aromatic carbocycles. The number of fused-ring (bicyclic) bond motifs is 1. The summed E-state index contributed by atoms with van der Waals surface area (Å²) >= 11 is 0. The molecule has 136 valence electrons. The van der Waals surface area contributed by atoms with Crippen molar-refractivity contribution in [3.05, 3.63) is 58.0 Å². The van der Waals surface area contributed by atoms with Crippen molar-refractivity contribution in [1.82, 2.24) is 4.57 Å².